The van der Waals surface area contributed by atoms with Crippen LogP contribution >= 0.6 is 0 Å². The summed E-state index contributed by atoms with van der Waals surface area (Å²) in [4.78, 5) is 0. The fourth-order valence-electron chi connectivity index (χ4n) is 3.39. The van der Waals surface area contributed by atoms with Crippen LogP contribution in [0.4, 0.5) is 0 Å². The van der Waals surface area contributed by atoms with Crippen molar-refractivity contribution < 1.29 is 15.3 Å². The van der Waals surface area contributed by atoms with Gasteiger partial charge in [-0.1, -0.05) is 77.6 Å². The van der Waals surface area contributed by atoms with Gasteiger partial charge in [0.2, 0.25) is 0 Å². The van der Waals surface area contributed by atoms with Gasteiger partial charge in [-0.05, 0) is 6.42 Å². The summed E-state index contributed by atoms with van der Waals surface area (Å²) in [6, 6.07) is -0.432. The second-order valence-electron chi connectivity index (χ2n) is 6.87. The first kappa shape index (κ1) is 19.9. The topological polar surface area (TPSA) is 72.7 Å². The standard InChI is InChI=1S/C18H37NO3/c1-2-3-4-5-6-7-8-9-10-11-12-13-15-17(21)18(22)16(14-20)19-15/h15-22H,2-14H2,1H3/t15-,16-,17-,18-/m1/s1. The molecule has 132 valence electrons. The molecule has 0 aliphatic carbocycles. The number of hydrogen-bond donors (Lipinski definition) is 4. The van der Waals surface area contributed by atoms with Crippen molar-refractivity contribution in [2.45, 2.75) is 108 Å². The maximum Gasteiger partial charge on any atom is 0.0989 e. The molecule has 4 heteroatoms. The average Bonchev–Trinajstić information content (AvgIpc) is 2.80. The van der Waals surface area contributed by atoms with Crippen molar-refractivity contribution in [1.82, 2.24) is 5.32 Å². The van der Waals surface area contributed by atoms with Crippen LogP contribution in [0.2, 0.25) is 0 Å². The largest absolute Gasteiger partial charge is 0.395 e. The summed E-state index contributed by atoms with van der Waals surface area (Å²) in [5.74, 6) is 0. The van der Waals surface area contributed by atoms with E-state index in [1.165, 1.54) is 64.2 Å². The predicted octanol–water partition coefficient (Wildman–Crippen LogP) is 2.74. The molecule has 4 nitrogen and oxygen atoms in total. The van der Waals surface area contributed by atoms with Crippen molar-refractivity contribution in [3.8, 4) is 0 Å². The van der Waals surface area contributed by atoms with Crippen LogP contribution in [0.15, 0.2) is 0 Å². The molecule has 0 aromatic carbocycles. The smallest absolute Gasteiger partial charge is 0.0989 e. The van der Waals surface area contributed by atoms with E-state index in [0.29, 0.717) is 0 Å². The molecular formula is C18H37NO3. The first-order chi connectivity index (χ1) is 10.7. The van der Waals surface area contributed by atoms with Crippen LogP contribution in [0.1, 0.15) is 84.0 Å². The van der Waals surface area contributed by atoms with Crippen molar-refractivity contribution >= 4 is 0 Å². The lowest BCUT2D eigenvalue weighted by atomic mass is 10.0. The van der Waals surface area contributed by atoms with Crippen LogP contribution in [-0.2, 0) is 0 Å². The number of rotatable bonds is 13. The van der Waals surface area contributed by atoms with Crippen LogP contribution in [-0.4, -0.2) is 46.2 Å². The normalized spacial score (nSPS) is 28.4. The van der Waals surface area contributed by atoms with Gasteiger partial charge in [0, 0.05) is 6.04 Å². The molecule has 0 aromatic rings. The Hall–Kier alpha value is -0.160. The van der Waals surface area contributed by atoms with Gasteiger partial charge in [-0.25, -0.2) is 0 Å². The monoisotopic (exact) mass is 315 g/mol. The molecule has 0 unspecified atom stereocenters. The van der Waals surface area contributed by atoms with E-state index in [4.69, 9.17) is 5.11 Å². The third-order valence-corrected chi connectivity index (χ3v) is 4.92. The lowest BCUT2D eigenvalue weighted by molar-refractivity contribution is 0.0186. The van der Waals surface area contributed by atoms with Crippen molar-refractivity contribution in [3.05, 3.63) is 0 Å². The minimum Gasteiger partial charge on any atom is -0.395 e. The van der Waals surface area contributed by atoms with Crippen molar-refractivity contribution in [1.29, 1.82) is 0 Å². The number of unbranched alkanes of at least 4 members (excludes halogenated alkanes) is 10. The summed E-state index contributed by atoms with van der Waals surface area (Å²) in [7, 11) is 0. The van der Waals surface area contributed by atoms with Crippen LogP contribution < -0.4 is 5.32 Å². The van der Waals surface area contributed by atoms with Crippen LogP contribution in [0, 0.1) is 0 Å². The molecule has 0 spiro atoms. The highest BCUT2D eigenvalue weighted by molar-refractivity contribution is 4.97. The Kier molecular flexibility index (Phi) is 11.1. The van der Waals surface area contributed by atoms with Crippen molar-refractivity contribution in [2.75, 3.05) is 6.61 Å². The molecule has 0 bridgehead atoms. The zero-order valence-electron chi connectivity index (χ0n) is 14.3. The third kappa shape index (κ3) is 7.40. The molecule has 22 heavy (non-hydrogen) atoms. The van der Waals surface area contributed by atoms with E-state index in [-0.39, 0.29) is 18.7 Å². The summed E-state index contributed by atoms with van der Waals surface area (Å²) in [6.45, 7) is 2.14. The van der Waals surface area contributed by atoms with Crippen LogP contribution in [0.5, 0.6) is 0 Å². The zero-order valence-corrected chi connectivity index (χ0v) is 14.3. The highest BCUT2D eigenvalue weighted by Gasteiger charge is 2.39. The van der Waals surface area contributed by atoms with Crippen LogP contribution in [0.25, 0.3) is 0 Å². The molecule has 1 rings (SSSR count). The molecule has 0 saturated carbocycles. The minimum atomic E-state index is -0.831. The van der Waals surface area contributed by atoms with E-state index in [0.717, 1.165) is 12.8 Å². The van der Waals surface area contributed by atoms with E-state index < -0.39 is 12.2 Å². The predicted molar refractivity (Wildman–Crippen MR) is 90.9 cm³/mol. The van der Waals surface area contributed by atoms with Gasteiger partial charge in [-0.15, -0.1) is 0 Å². The highest BCUT2D eigenvalue weighted by atomic mass is 16.3. The molecule has 4 N–H and O–H groups in total. The molecule has 1 saturated heterocycles. The fraction of sp³-hybridized carbons (Fsp3) is 1.00. The Labute approximate surface area is 136 Å². The SMILES string of the molecule is CCCCCCCCCCCCC[C@H]1N[C@H](CO)[C@@H](O)[C@@H]1O. The molecule has 0 amide bonds. The average molecular weight is 315 g/mol. The number of nitrogens with one attached hydrogen (secondary N) is 1. The molecule has 1 heterocycles. The summed E-state index contributed by atoms with van der Waals surface area (Å²) < 4.78 is 0. The Morgan fingerprint density at radius 2 is 1.14 bits per heavy atom. The second kappa shape index (κ2) is 12.3. The lowest BCUT2D eigenvalue weighted by Gasteiger charge is -2.15. The van der Waals surface area contributed by atoms with Gasteiger partial charge in [0.25, 0.3) is 0 Å². The first-order valence-corrected chi connectivity index (χ1v) is 9.43. The second-order valence-corrected chi connectivity index (χ2v) is 6.87. The third-order valence-electron chi connectivity index (χ3n) is 4.92. The van der Waals surface area contributed by atoms with Crippen molar-refractivity contribution in [3.63, 3.8) is 0 Å². The summed E-state index contributed by atoms with van der Waals surface area (Å²) in [5.41, 5.74) is 0. The molecule has 1 aliphatic heterocycles. The number of hydrogen-bond acceptors (Lipinski definition) is 4. The van der Waals surface area contributed by atoms with Gasteiger partial charge in [-0.2, -0.15) is 0 Å². The summed E-state index contributed by atoms with van der Waals surface area (Å²) >= 11 is 0. The lowest BCUT2D eigenvalue weighted by Crippen LogP contribution is -2.36. The van der Waals surface area contributed by atoms with Crippen molar-refractivity contribution in [2.24, 2.45) is 0 Å². The van der Waals surface area contributed by atoms with E-state index in [1.807, 2.05) is 0 Å². The van der Waals surface area contributed by atoms with Gasteiger partial charge in [0.1, 0.15) is 0 Å². The van der Waals surface area contributed by atoms with E-state index in [1.54, 1.807) is 0 Å². The van der Waals surface area contributed by atoms with Gasteiger partial charge < -0.3 is 20.6 Å². The number of aliphatic hydroxyl groups is 3. The van der Waals surface area contributed by atoms with Gasteiger partial charge in [-0.3, -0.25) is 0 Å². The summed E-state index contributed by atoms with van der Waals surface area (Å²) in [5, 5.41) is 31.9. The molecule has 1 aliphatic rings. The maximum absolute atomic E-state index is 9.90. The van der Waals surface area contributed by atoms with Gasteiger partial charge in [0.15, 0.2) is 0 Å². The molecule has 4 atom stereocenters. The molecule has 1 fully saturated rings. The Balaban J connectivity index is 1.89. The Morgan fingerprint density at radius 1 is 0.682 bits per heavy atom. The minimum absolute atomic E-state index is 0.0642. The first-order valence-electron chi connectivity index (χ1n) is 9.43. The molecule has 0 aromatic heterocycles. The van der Waals surface area contributed by atoms with Gasteiger partial charge in [0.05, 0.1) is 24.9 Å². The number of aliphatic hydroxyl groups excluding tert-OH is 3. The maximum atomic E-state index is 9.90. The summed E-state index contributed by atoms with van der Waals surface area (Å²) in [6.07, 6.45) is 13.8. The van der Waals surface area contributed by atoms with Gasteiger partial charge >= 0.3 is 0 Å². The highest BCUT2D eigenvalue weighted by Crippen LogP contribution is 2.20. The van der Waals surface area contributed by atoms with Crippen LogP contribution in [0.3, 0.4) is 0 Å². The Morgan fingerprint density at radius 3 is 1.59 bits per heavy atom. The van der Waals surface area contributed by atoms with E-state index >= 15 is 0 Å². The molecular weight excluding hydrogens is 278 g/mol. The van der Waals surface area contributed by atoms with E-state index in [2.05, 4.69) is 12.2 Å². The quantitative estimate of drug-likeness (QED) is 0.394. The zero-order chi connectivity index (χ0) is 16.2. The Bertz CT molecular complexity index is 263. The fourth-order valence-corrected chi connectivity index (χ4v) is 3.39. The van der Waals surface area contributed by atoms with E-state index in [9.17, 15) is 10.2 Å². The molecule has 0 radical (unpaired) electrons.